The van der Waals surface area contributed by atoms with Crippen molar-refractivity contribution in [2.75, 3.05) is 20.2 Å². The summed E-state index contributed by atoms with van der Waals surface area (Å²) in [4.78, 5) is 17.2. The molecular formula is C11H17N3O2S. The summed E-state index contributed by atoms with van der Waals surface area (Å²) in [6.07, 6.45) is 3.21. The third kappa shape index (κ3) is 2.83. The molecule has 17 heavy (non-hydrogen) atoms. The van der Waals surface area contributed by atoms with Gasteiger partial charge in [-0.1, -0.05) is 0 Å². The molecule has 0 bridgehead atoms. The van der Waals surface area contributed by atoms with Gasteiger partial charge in [0.25, 0.3) is 5.91 Å². The first-order valence-corrected chi connectivity index (χ1v) is 6.56. The van der Waals surface area contributed by atoms with Crippen molar-refractivity contribution in [2.45, 2.75) is 25.0 Å². The van der Waals surface area contributed by atoms with E-state index in [2.05, 4.69) is 15.6 Å². The standard InChI is InChI=1S/C11H17N3O2S/c1-16-11(2-4-12-5-3-11)10(15)14-7-9-6-13-8-17-9/h6,8,12H,2-5,7H2,1H3,(H,14,15). The predicted molar refractivity (Wildman–Crippen MR) is 65.8 cm³/mol. The normalized spacial score (nSPS) is 18.9. The Morgan fingerprint density at radius 2 is 2.41 bits per heavy atom. The largest absolute Gasteiger partial charge is 0.368 e. The Morgan fingerprint density at radius 1 is 1.65 bits per heavy atom. The Kier molecular flexibility index (Phi) is 4.09. The first-order valence-electron chi connectivity index (χ1n) is 5.68. The van der Waals surface area contributed by atoms with Crippen molar-refractivity contribution in [3.05, 3.63) is 16.6 Å². The minimum absolute atomic E-state index is 0.0186. The quantitative estimate of drug-likeness (QED) is 0.823. The number of hydrogen-bond donors (Lipinski definition) is 2. The summed E-state index contributed by atoms with van der Waals surface area (Å²) >= 11 is 1.54. The SMILES string of the molecule is COC1(C(=O)NCc2cncs2)CCNCC1. The lowest BCUT2D eigenvalue weighted by atomic mass is 9.91. The number of rotatable bonds is 4. The van der Waals surface area contributed by atoms with Crippen LogP contribution in [0.25, 0.3) is 0 Å². The maximum atomic E-state index is 12.2. The number of piperidine rings is 1. The zero-order valence-corrected chi connectivity index (χ0v) is 10.7. The summed E-state index contributed by atoms with van der Waals surface area (Å²) in [5, 5.41) is 6.16. The van der Waals surface area contributed by atoms with Crippen LogP contribution in [0, 0.1) is 0 Å². The molecule has 0 radical (unpaired) electrons. The van der Waals surface area contributed by atoms with Gasteiger partial charge in [0.2, 0.25) is 0 Å². The second-order valence-electron chi connectivity index (χ2n) is 4.10. The summed E-state index contributed by atoms with van der Waals surface area (Å²) in [6, 6.07) is 0. The van der Waals surface area contributed by atoms with Crippen molar-refractivity contribution in [3.63, 3.8) is 0 Å². The third-order valence-electron chi connectivity index (χ3n) is 3.12. The van der Waals surface area contributed by atoms with Gasteiger partial charge in [0, 0.05) is 18.2 Å². The van der Waals surface area contributed by atoms with E-state index in [1.54, 1.807) is 18.8 Å². The summed E-state index contributed by atoms with van der Waals surface area (Å²) in [6.45, 7) is 2.17. The first-order chi connectivity index (χ1) is 8.27. The van der Waals surface area contributed by atoms with Gasteiger partial charge in [-0.2, -0.15) is 0 Å². The molecule has 1 saturated heterocycles. The Balaban J connectivity index is 1.93. The molecule has 1 aromatic heterocycles. The highest BCUT2D eigenvalue weighted by Crippen LogP contribution is 2.22. The van der Waals surface area contributed by atoms with E-state index >= 15 is 0 Å². The molecule has 0 aromatic carbocycles. The predicted octanol–water partition coefficient (Wildman–Crippen LogP) is 0.528. The molecule has 2 rings (SSSR count). The molecule has 5 nitrogen and oxygen atoms in total. The van der Waals surface area contributed by atoms with Crippen LogP contribution in [0.3, 0.4) is 0 Å². The van der Waals surface area contributed by atoms with Crippen molar-refractivity contribution in [2.24, 2.45) is 0 Å². The number of nitrogens with one attached hydrogen (secondary N) is 2. The first kappa shape index (κ1) is 12.5. The fraction of sp³-hybridized carbons (Fsp3) is 0.636. The number of thiazole rings is 1. The van der Waals surface area contributed by atoms with Crippen molar-refractivity contribution in [3.8, 4) is 0 Å². The van der Waals surface area contributed by atoms with E-state index < -0.39 is 5.60 Å². The Hall–Kier alpha value is -0.980. The van der Waals surface area contributed by atoms with Crippen LogP contribution < -0.4 is 10.6 Å². The van der Waals surface area contributed by atoms with Gasteiger partial charge in [-0.25, -0.2) is 0 Å². The molecule has 0 spiro atoms. The second-order valence-corrected chi connectivity index (χ2v) is 5.07. The van der Waals surface area contributed by atoms with E-state index in [4.69, 9.17) is 4.74 Å². The highest BCUT2D eigenvalue weighted by atomic mass is 32.1. The lowest BCUT2D eigenvalue weighted by Crippen LogP contribution is -2.53. The van der Waals surface area contributed by atoms with E-state index in [-0.39, 0.29) is 5.91 Å². The Bertz CT molecular complexity index is 361. The number of aromatic nitrogens is 1. The molecule has 94 valence electrons. The van der Waals surface area contributed by atoms with E-state index in [1.165, 1.54) is 11.3 Å². The summed E-state index contributed by atoms with van der Waals surface area (Å²) in [7, 11) is 1.61. The van der Waals surface area contributed by atoms with Crippen LogP contribution >= 0.6 is 11.3 Å². The molecule has 1 fully saturated rings. The van der Waals surface area contributed by atoms with Crippen LogP contribution in [0.4, 0.5) is 0 Å². The minimum Gasteiger partial charge on any atom is -0.368 e. The zero-order chi connectivity index (χ0) is 12.1. The Morgan fingerprint density at radius 3 is 3.00 bits per heavy atom. The lowest BCUT2D eigenvalue weighted by molar-refractivity contribution is -0.146. The molecule has 1 aliphatic rings. The summed E-state index contributed by atoms with van der Waals surface area (Å²) in [5.41, 5.74) is 1.11. The monoisotopic (exact) mass is 255 g/mol. The zero-order valence-electron chi connectivity index (χ0n) is 9.86. The van der Waals surface area contributed by atoms with Crippen LogP contribution in [-0.4, -0.2) is 36.7 Å². The van der Waals surface area contributed by atoms with Crippen molar-refractivity contribution >= 4 is 17.2 Å². The highest BCUT2D eigenvalue weighted by molar-refractivity contribution is 7.09. The molecule has 6 heteroatoms. The topological polar surface area (TPSA) is 63.2 Å². The van der Waals surface area contributed by atoms with Gasteiger partial charge in [0.15, 0.2) is 0 Å². The molecule has 1 aliphatic heterocycles. The maximum Gasteiger partial charge on any atom is 0.252 e. The molecular weight excluding hydrogens is 238 g/mol. The number of amides is 1. The highest BCUT2D eigenvalue weighted by Gasteiger charge is 2.39. The number of nitrogens with zero attached hydrogens (tertiary/aromatic N) is 1. The smallest absolute Gasteiger partial charge is 0.252 e. The van der Waals surface area contributed by atoms with Crippen molar-refractivity contribution < 1.29 is 9.53 Å². The van der Waals surface area contributed by atoms with Crippen LogP contribution in [0.2, 0.25) is 0 Å². The molecule has 1 amide bonds. The van der Waals surface area contributed by atoms with Gasteiger partial charge in [0.1, 0.15) is 5.60 Å². The summed E-state index contributed by atoms with van der Waals surface area (Å²) in [5.74, 6) is -0.0186. The van der Waals surface area contributed by atoms with Crippen LogP contribution in [0.5, 0.6) is 0 Å². The molecule has 2 N–H and O–H groups in total. The number of carbonyl (C=O) groups excluding carboxylic acids is 1. The van der Waals surface area contributed by atoms with Crippen LogP contribution in [0.15, 0.2) is 11.7 Å². The third-order valence-corrected chi connectivity index (χ3v) is 3.90. The second kappa shape index (κ2) is 5.57. The average Bonchev–Trinajstić information content (AvgIpc) is 2.90. The number of methoxy groups -OCH3 is 1. The molecule has 1 aromatic rings. The van der Waals surface area contributed by atoms with Crippen LogP contribution in [0.1, 0.15) is 17.7 Å². The van der Waals surface area contributed by atoms with E-state index in [0.29, 0.717) is 6.54 Å². The van der Waals surface area contributed by atoms with Gasteiger partial charge in [-0.3, -0.25) is 9.78 Å². The lowest BCUT2D eigenvalue weighted by Gasteiger charge is -2.34. The molecule has 0 saturated carbocycles. The van der Waals surface area contributed by atoms with E-state index in [1.807, 2.05) is 0 Å². The van der Waals surface area contributed by atoms with Gasteiger partial charge in [-0.05, 0) is 25.9 Å². The fourth-order valence-corrected chi connectivity index (χ4v) is 2.55. The fourth-order valence-electron chi connectivity index (χ4n) is 2.01. The number of ether oxygens (including phenoxy) is 1. The maximum absolute atomic E-state index is 12.2. The van der Waals surface area contributed by atoms with Gasteiger partial charge in [-0.15, -0.1) is 11.3 Å². The molecule has 2 heterocycles. The number of carbonyl (C=O) groups is 1. The van der Waals surface area contributed by atoms with E-state index in [0.717, 1.165) is 30.8 Å². The van der Waals surface area contributed by atoms with Crippen molar-refractivity contribution in [1.82, 2.24) is 15.6 Å². The Labute approximate surface area is 105 Å². The average molecular weight is 255 g/mol. The van der Waals surface area contributed by atoms with Gasteiger partial charge < -0.3 is 15.4 Å². The van der Waals surface area contributed by atoms with Crippen LogP contribution in [-0.2, 0) is 16.1 Å². The molecule has 0 unspecified atom stereocenters. The van der Waals surface area contributed by atoms with Gasteiger partial charge >= 0.3 is 0 Å². The van der Waals surface area contributed by atoms with Gasteiger partial charge in [0.05, 0.1) is 12.1 Å². The summed E-state index contributed by atoms with van der Waals surface area (Å²) < 4.78 is 5.45. The van der Waals surface area contributed by atoms with Crippen molar-refractivity contribution in [1.29, 1.82) is 0 Å². The molecule has 0 aliphatic carbocycles. The van der Waals surface area contributed by atoms with E-state index in [9.17, 15) is 4.79 Å². The molecule has 0 atom stereocenters. The minimum atomic E-state index is -0.657. The number of hydrogen-bond acceptors (Lipinski definition) is 5.